The van der Waals surface area contributed by atoms with Crippen LogP contribution in [0.3, 0.4) is 0 Å². The maximum atomic E-state index is 13.4. The fraction of sp³-hybridized carbons (Fsp3) is 0.452. The van der Waals surface area contributed by atoms with E-state index in [-0.39, 0.29) is 53.2 Å². The summed E-state index contributed by atoms with van der Waals surface area (Å²) in [5, 5.41) is 22.1. The zero-order valence-electron chi connectivity index (χ0n) is 32.9. The fourth-order valence-electron chi connectivity index (χ4n) is 8.27. The molecule has 2 fully saturated rings. The van der Waals surface area contributed by atoms with Gasteiger partial charge < -0.3 is 25.4 Å². The van der Waals surface area contributed by atoms with Gasteiger partial charge in [0.05, 0.1) is 28.1 Å². The van der Waals surface area contributed by atoms with Gasteiger partial charge in [0.15, 0.2) is 0 Å². The summed E-state index contributed by atoms with van der Waals surface area (Å²) in [6, 6.07) is 14.9. The first-order valence-corrected chi connectivity index (χ1v) is 19.7. The number of para-hydroxylation sites is 1. The highest BCUT2D eigenvalue weighted by Gasteiger charge is 2.64. The lowest BCUT2D eigenvalue weighted by Crippen LogP contribution is -2.74. The minimum absolute atomic E-state index is 0.158. The van der Waals surface area contributed by atoms with Crippen LogP contribution in [0.2, 0.25) is 5.02 Å². The molecule has 2 aromatic heterocycles. The van der Waals surface area contributed by atoms with Crippen molar-refractivity contribution in [1.29, 1.82) is 5.26 Å². The van der Waals surface area contributed by atoms with Crippen LogP contribution in [0, 0.1) is 29.1 Å². The normalized spacial score (nSPS) is 19.6. The molecule has 15 heteroatoms. The number of nitriles is 1. The number of aryl methyl sites for hydroxylation is 1. The Morgan fingerprint density at radius 1 is 1.04 bits per heavy atom. The zero-order valence-corrected chi connectivity index (χ0v) is 33.7. The van der Waals surface area contributed by atoms with Gasteiger partial charge >= 0.3 is 0 Å². The molecule has 3 amide bonds. The average Bonchev–Trinajstić information content (AvgIpc) is 3.17. The van der Waals surface area contributed by atoms with Gasteiger partial charge in [-0.3, -0.25) is 29.1 Å². The van der Waals surface area contributed by atoms with E-state index in [1.807, 2.05) is 0 Å². The molecule has 1 saturated carbocycles. The number of anilines is 1. The number of hydrogen-bond donors (Lipinski definition) is 4. The average molecular weight is 797 g/mol. The van der Waals surface area contributed by atoms with Crippen molar-refractivity contribution >= 4 is 46.0 Å². The van der Waals surface area contributed by atoms with Crippen molar-refractivity contribution in [1.82, 2.24) is 30.5 Å². The molecule has 1 saturated heterocycles. The van der Waals surface area contributed by atoms with Crippen LogP contribution in [0.4, 0.5) is 5.82 Å². The molecule has 2 aliphatic rings. The molecule has 1 aliphatic heterocycles. The molecule has 0 radical (unpaired) electrons. The summed E-state index contributed by atoms with van der Waals surface area (Å²) in [4.78, 5) is 59.7. The van der Waals surface area contributed by atoms with Gasteiger partial charge in [0.1, 0.15) is 46.9 Å². The first-order chi connectivity index (χ1) is 27.2. The van der Waals surface area contributed by atoms with E-state index in [9.17, 15) is 24.4 Å². The molecule has 14 nitrogen and oxygen atoms in total. The van der Waals surface area contributed by atoms with E-state index in [1.54, 1.807) is 61.7 Å². The molecule has 0 spiro atoms. The number of rotatable bonds is 16. The molecule has 1 atom stereocenters. The van der Waals surface area contributed by atoms with E-state index < -0.39 is 11.9 Å². The fourth-order valence-corrected chi connectivity index (χ4v) is 8.49. The largest absolute Gasteiger partial charge is 0.491 e. The smallest absolute Gasteiger partial charge is 0.262 e. The van der Waals surface area contributed by atoms with Crippen LogP contribution in [-0.4, -0.2) is 70.6 Å². The number of halogens is 1. The predicted molar refractivity (Wildman–Crippen MR) is 217 cm³/mol. The first kappa shape index (κ1) is 41.1. The van der Waals surface area contributed by atoms with Gasteiger partial charge in [-0.15, -0.1) is 0 Å². The molecule has 0 bridgehead atoms. The van der Waals surface area contributed by atoms with Gasteiger partial charge in [-0.05, 0) is 75.5 Å². The Kier molecular flexibility index (Phi) is 12.5. The Morgan fingerprint density at radius 2 is 1.82 bits per heavy atom. The number of piperidine rings is 1. The maximum Gasteiger partial charge on any atom is 0.262 e. The molecule has 6 rings (SSSR count). The topological polar surface area (TPSA) is 189 Å². The molecule has 4 aromatic rings. The zero-order chi connectivity index (χ0) is 40.9. The highest BCUT2D eigenvalue weighted by molar-refractivity contribution is 6.31. The number of hydrogen-bond acceptors (Lipinski definition) is 11. The number of carbonyl (C=O) groups is 3. The standard InChI is InChI=1S/C42H49ClN8O6/c1-25-48-35-29(38(55)51(25)31-15-17-34(52)49-37(31)54)10-9-11-32(35)56-21-8-6-7-18-45-19-20-46-33-16-13-27(24-47-33)36(53)50-39-41(2,3)40(42(39,4)5)57-28-14-12-26(23-44)30(43)22-28/h9-14,16,22,24,31,39-40,45H,6-8,15,17-21H2,1-5H3,(H,46,47)(H,50,53)(H,49,52,54)/t31?,39-,40-. The van der Waals surface area contributed by atoms with E-state index in [2.05, 4.69) is 65.0 Å². The van der Waals surface area contributed by atoms with Crippen molar-refractivity contribution in [3.63, 3.8) is 0 Å². The number of aromatic nitrogens is 3. The maximum absolute atomic E-state index is 13.4. The molecule has 3 heterocycles. The Morgan fingerprint density at radius 3 is 2.53 bits per heavy atom. The lowest BCUT2D eigenvalue weighted by Gasteiger charge is -2.63. The number of nitrogens with one attached hydrogen (secondary N) is 4. The molecule has 300 valence electrons. The van der Waals surface area contributed by atoms with Crippen molar-refractivity contribution in [3.05, 3.63) is 87.1 Å². The summed E-state index contributed by atoms with van der Waals surface area (Å²) in [5.74, 6) is 1.14. The molecule has 2 aromatic carbocycles. The third kappa shape index (κ3) is 8.90. The number of nitrogens with zero attached hydrogens (tertiary/aromatic N) is 4. The van der Waals surface area contributed by atoms with Gasteiger partial charge in [0, 0.05) is 48.6 Å². The Labute approximate surface area is 336 Å². The van der Waals surface area contributed by atoms with Gasteiger partial charge in [0.25, 0.3) is 11.5 Å². The number of ether oxygens (including phenoxy) is 2. The van der Waals surface area contributed by atoms with Crippen LogP contribution in [0.1, 0.15) is 87.6 Å². The summed E-state index contributed by atoms with van der Waals surface area (Å²) < 4.78 is 13.7. The first-order valence-electron chi connectivity index (χ1n) is 19.3. The SMILES string of the molecule is Cc1nc2c(OCCCCCNCCNc3ccc(C(=O)N[C@H]4C(C)(C)[C@H](Oc5ccc(C#N)c(Cl)c5)C4(C)C)cn3)cccc2c(=O)n1C1CCC(=O)NC1=O. The van der Waals surface area contributed by atoms with E-state index in [0.29, 0.717) is 63.3 Å². The van der Waals surface area contributed by atoms with Crippen LogP contribution >= 0.6 is 11.6 Å². The minimum atomic E-state index is -0.774. The van der Waals surface area contributed by atoms with E-state index in [1.165, 1.54) is 4.57 Å². The van der Waals surface area contributed by atoms with Gasteiger partial charge in [0.2, 0.25) is 11.8 Å². The Balaban J connectivity index is 0.877. The number of amides is 3. The highest BCUT2D eigenvalue weighted by atomic mass is 35.5. The van der Waals surface area contributed by atoms with Crippen LogP contribution < -0.4 is 36.3 Å². The molecular formula is C42H49ClN8O6. The quantitative estimate of drug-likeness (QED) is 0.0832. The second-order valence-electron chi connectivity index (χ2n) is 15.8. The van der Waals surface area contributed by atoms with Crippen molar-refractivity contribution in [2.75, 3.05) is 31.6 Å². The van der Waals surface area contributed by atoms with E-state index in [0.717, 1.165) is 32.4 Å². The lowest BCUT2D eigenvalue weighted by atomic mass is 9.49. The summed E-state index contributed by atoms with van der Waals surface area (Å²) in [7, 11) is 0. The molecular weight excluding hydrogens is 748 g/mol. The van der Waals surface area contributed by atoms with Crippen molar-refractivity contribution in [3.8, 4) is 17.6 Å². The number of pyridine rings is 1. The summed E-state index contributed by atoms with van der Waals surface area (Å²) >= 11 is 6.22. The monoisotopic (exact) mass is 796 g/mol. The van der Waals surface area contributed by atoms with Gasteiger partial charge in [-0.25, -0.2) is 9.97 Å². The van der Waals surface area contributed by atoms with Gasteiger partial charge in [-0.2, -0.15) is 5.26 Å². The lowest BCUT2D eigenvalue weighted by molar-refractivity contribution is -0.164. The van der Waals surface area contributed by atoms with Crippen molar-refractivity contribution in [2.24, 2.45) is 10.8 Å². The highest BCUT2D eigenvalue weighted by Crippen LogP contribution is 2.55. The molecule has 4 N–H and O–H groups in total. The number of unbranched alkanes of at least 4 members (excludes halogenated alkanes) is 2. The van der Waals surface area contributed by atoms with Crippen LogP contribution in [0.15, 0.2) is 59.5 Å². The van der Waals surface area contributed by atoms with Crippen LogP contribution in [0.5, 0.6) is 11.5 Å². The van der Waals surface area contributed by atoms with Crippen molar-refractivity contribution < 1.29 is 23.9 Å². The molecule has 57 heavy (non-hydrogen) atoms. The van der Waals surface area contributed by atoms with Crippen LogP contribution in [0.25, 0.3) is 10.9 Å². The number of imide groups is 1. The summed E-state index contributed by atoms with van der Waals surface area (Å²) in [6.45, 7) is 12.6. The van der Waals surface area contributed by atoms with Gasteiger partial charge in [-0.1, -0.05) is 45.4 Å². The number of carbonyl (C=O) groups excluding carboxylic acids is 3. The van der Waals surface area contributed by atoms with E-state index in [4.69, 9.17) is 21.1 Å². The van der Waals surface area contributed by atoms with Crippen LogP contribution in [-0.2, 0) is 9.59 Å². The minimum Gasteiger partial charge on any atom is -0.491 e. The number of benzene rings is 2. The molecule has 1 aliphatic carbocycles. The second-order valence-corrected chi connectivity index (χ2v) is 16.2. The Hall–Kier alpha value is -5.52. The predicted octanol–water partition coefficient (Wildman–Crippen LogP) is 5.47. The summed E-state index contributed by atoms with van der Waals surface area (Å²) in [5.41, 5.74) is 0.239. The Bertz CT molecular complexity index is 2230. The third-order valence-electron chi connectivity index (χ3n) is 10.9. The van der Waals surface area contributed by atoms with Crippen molar-refractivity contribution in [2.45, 2.75) is 84.9 Å². The second kappa shape index (κ2) is 17.3. The number of fused-ring (bicyclic) bond motifs is 1. The van der Waals surface area contributed by atoms with E-state index >= 15 is 0 Å². The summed E-state index contributed by atoms with van der Waals surface area (Å²) in [6.07, 6.45) is 4.53. The third-order valence-corrected chi connectivity index (χ3v) is 11.2. The molecule has 1 unspecified atom stereocenters.